The van der Waals surface area contributed by atoms with Gasteiger partial charge >= 0.3 is 6.09 Å². The molecule has 1 amide bonds. The molecule has 0 saturated carbocycles. The van der Waals surface area contributed by atoms with Crippen LogP contribution in [0, 0.1) is 5.41 Å². The zero-order valence-corrected chi connectivity index (χ0v) is 10.7. The van der Waals surface area contributed by atoms with E-state index < -0.39 is 23.2 Å². The normalized spacial score (nSPS) is 40.1. The molecule has 19 heavy (non-hydrogen) atoms. The third-order valence-electron chi connectivity index (χ3n) is 4.59. The Hall–Kier alpha value is -1.62. The summed E-state index contributed by atoms with van der Waals surface area (Å²) in [7, 11) is 0. The summed E-state index contributed by atoms with van der Waals surface area (Å²) in [5.74, 6) is 0.00414. The van der Waals surface area contributed by atoms with Crippen LogP contribution in [0.15, 0.2) is 24.8 Å². The average Bonchev–Trinajstić information content (AvgIpc) is 2.71. The Kier molecular flexibility index (Phi) is 2.57. The second-order valence-corrected chi connectivity index (χ2v) is 5.53. The minimum atomic E-state index is -1.07. The molecular formula is C14H17NO4. The van der Waals surface area contributed by atoms with Gasteiger partial charge in [-0.25, -0.2) is 4.79 Å². The predicted molar refractivity (Wildman–Crippen MR) is 67.4 cm³/mol. The highest BCUT2D eigenvalue weighted by Gasteiger charge is 2.65. The first kappa shape index (κ1) is 12.4. The van der Waals surface area contributed by atoms with E-state index in [0.29, 0.717) is 19.4 Å². The molecule has 2 aliphatic heterocycles. The Morgan fingerprint density at radius 3 is 3.05 bits per heavy atom. The van der Waals surface area contributed by atoms with Crippen molar-refractivity contribution < 1.29 is 19.4 Å². The number of amides is 1. The van der Waals surface area contributed by atoms with E-state index >= 15 is 0 Å². The van der Waals surface area contributed by atoms with Gasteiger partial charge in [-0.2, -0.15) is 0 Å². The molecule has 0 unspecified atom stereocenters. The molecule has 0 spiro atoms. The van der Waals surface area contributed by atoms with Gasteiger partial charge in [0.2, 0.25) is 0 Å². The fraction of sp³-hybridized carbons (Fsp3) is 0.571. The lowest BCUT2D eigenvalue weighted by Gasteiger charge is -2.49. The number of nitrogens with zero attached hydrogens (tertiary/aromatic N) is 1. The number of allylic oxidation sites excluding steroid dienone is 2. The Morgan fingerprint density at radius 2 is 2.37 bits per heavy atom. The van der Waals surface area contributed by atoms with Crippen LogP contribution in [0.2, 0.25) is 0 Å². The molecule has 2 fully saturated rings. The van der Waals surface area contributed by atoms with Crippen molar-refractivity contribution in [3.63, 3.8) is 0 Å². The van der Waals surface area contributed by atoms with Crippen LogP contribution >= 0.6 is 0 Å². The second kappa shape index (κ2) is 3.93. The van der Waals surface area contributed by atoms with Crippen molar-refractivity contribution in [2.75, 3.05) is 13.2 Å². The molecule has 5 heteroatoms. The number of ether oxygens (including phenoxy) is 1. The number of rotatable bonds is 3. The summed E-state index contributed by atoms with van der Waals surface area (Å²) in [6.45, 7) is 4.00. The maximum absolute atomic E-state index is 12.4. The van der Waals surface area contributed by atoms with Crippen LogP contribution in [0.4, 0.5) is 4.79 Å². The van der Waals surface area contributed by atoms with Gasteiger partial charge in [-0.15, -0.1) is 6.58 Å². The van der Waals surface area contributed by atoms with Gasteiger partial charge in [-0.1, -0.05) is 6.08 Å². The first-order chi connectivity index (χ1) is 9.09. The number of hydrogen-bond acceptors (Lipinski definition) is 4. The van der Waals surface area contributed by atoms with E-state index in [1.165, 1.54) is 6.08 Å². The fourth-order valence-corrected chi connectivity index (χ4v) is 3.84. The van der Waals surface area contributed by atoms with Crippen LogP contribution in [0.25, 0.3) is 0 Å². The van der Waals surface area contributed by atoms with Crippen molar-refractivity contribution in [3.05, 3.63) is 24.8 Å². The third kappa shape index (κ3) is 1.39. The van der Waals surface area contributed by atoms with E-state index in [1.54, 1.807) is 17.1 Å². The first-order valence-electron chi connectivity index (χ1n) is 6.55. The van der Waals surface area contributed by atoms with Gasteiger partial charge in [-0.3, -0.25) is 9.69 Å². The summed E-state index contributed by atoms with van der Waals surface area (Å²) in [5, 5.41) is 9.70. The van der Waals surface area contributed by atoms with Gasteiger partial charge in [0.05, 0.1) is 18.1 Å². The van der Waals surface area contributed by atoms with Crippen LogP contribution in [0.3, 0.4) is 0 Å². The standard InChI is InChI=1S/C14H17NO4/c1-2-5-13-6-3-8-15-11(13)14(9-16,19-12(15)18)7-4-10(13)17/h2,4,7,11,16H,1,3,5-6,8-9H2/t11-,13-,14-/m1/s1. The molecule has 2 heterocycles. The molecule has 1 N–H and O–H groups in total. The Morgan fingerprint density at radius 1 is 1.58 bits per heavy atom. The fourth-order valence-electron chi connectivity index (χ4n) is 3.84. The summed E-state index contributed by atoms with van der Waals surface area (Å²) in [6, 6.07) is -0.415. The van der Waals surface area contributed by atoms with Gasteiger partial charge in [-0.05, 0) is 31.4 Å². The molecule has 3 atom stereocenters. The molecule has 3 aliphatic rings. The molecule has 102 valence electrons. The molecule has 0 bridgehead atoms. The number of aliphatic hydroxyl groups excluding tert-OH is 1. The van der Waals surface area contributed by atoms with E-state index in [9.17, 15) is 14.7 Å². The largest absolute Gasteiger partial charge is 0.434 e. The average molecular weight is 263 g/mol. The monoisotopic (exact) mass is 263 g/mol. The maximum Gasteiger partial charge on any atom is 0.411 e. The number of carbonyl (C=O) groups is 2. The lowest BCUT2D eigenvalue weighted by atomic mass is 9.60. The highest BCUT2D eigenvalue weighted by molar-refractivity contribution is 5.98. The molecule has 1 aliphatic carbocycles. The SMILES string of the molecule is C=CC[C@@]12CCCN3C(=O)O[C@@](CO)(C=CC1=O)[C@H]32. The van der Waals surface area contributed by atoms with Gasteiger partial charge < -0.3 is 9.84 Å². The molecule has 0 radical (unpaired) electrons. The number of carbonyl (C=O) groups excluding carboxylic acids is 2. The van der Waals surface area contributed by atoms with E-state index in [1.807, 2.05) is 0 Å². The lowest BCUT2D eigenvalue weighted by Crippen LogP contribution is -2.63. The smallest absolute Gasteiger partial charge is 0.411 e. The van der Waals surface area contributed by atoms with Crippen LogP contribution in [0.1, 0.15) is 19.3 Å². The summed E-state index contributed by atoms with van der Waals surface area (Å²) in [6.07, 6.45) is 6.23. The highest BCUT2D eigenvalue weighted by Crippen LogP contribution is 2.52. The van der Waals surface area contributed by atoms with Crippen molar-refractivity contribution in [2.24, 2.45) is 5.41 Å². The van der Waals surface area contributed by atoms with Crippen molar-refractivity contribution >= 4 is 11.9 Å². The molecule has 5 nitrogen and oxygen atoms in total. The molecule has 0 aromatic carbocycles. The third-order valence-corrected chi connectivity index (χ3v) is 4.59. The highest BCUT2D eigenvalue weighted by atomic mass is 16.6. The van der Waals surface area contributed by atoms with E-state index in [-0.39, 0.29) is 12.4 Å². The minimum absolute atomic E-state index is 0.00414. The Bertz CT molecular complexity index is 486. The summed E-state index contributed by atoms with van der Waals surface area (Å²) in [5.41, 5.74) is -1.77. The molecule has 3 rings (SSSR count). The Labute approximate surface area is 111 Å². The number of aliphatic hydroxyl groups is 1. The van der Waals surface area contributed by atoms with Crippen molar-refractivity contribution in [1.29, 1.82) is 0 Å². The van der Waals surface area contributed by atoms with Crippen molar-refractivity contribution in [3.8, 4) is 0 Å². The number of hydrogen-bond donors (Lipinski definition) is 1. The Balaban J connectivity index is 2.17. The van der Waals surface area contributed by atoms with Gasteiger partial charge in [0.15, 0.2) is 11.4 Å². The summed E-state index contributed by atoms with van der Waals surface area (Å²) >= 11 is 0. The first-order valence-corrected chi connectivity index (χ1v) is 6.55. The number of piperidine rings is 1. The predicted octanol–water partition coefficient (Wildman–Crippen LogP) is 1.03. The lowest BCUT2D eigenvalue weighted by molar-refractivity contribution is -0.135. The molecule has 0 aromatic heterocycles. The quantitative estimate of drug-likeness (QED) is 0.772. The van der Waals surface area contributed by atoms with Gasteiger partial charge in [0.1, 0.15) is 0 Å². The summed E-state index contributed by atoms with van der Waals surface area (Å²) in [4.78, 5) is 26.0. The molecule has 0 aromatic rings. The van der Waals surface area contributed by atoms with Crippen LogP contribution in [-0.4, -0.2) is 46.7 Å². The summed E-state index contributed by atoms with van der Waals surface area (Å²) < 4.78 is 5.40. The van der Waals surface area contributed by atoms with Crippen LogP contribution in [-0.2, 0) is 9.53 Å². The second-order valence-electron chi connectivity index (χ2n) is 5.53. The van der Waals surface area contributed by atoms with Crippen molar-refractivity contribution in [1.82, 2.24) is 4.90 Å². The zero-order chi connectivity index (χ0) is 13.7. The zero-order valence-electron chi connectivity index (χ0n) is 10.7. The minimum Gasteiger partial charge on any atom is -0.434 e. The molecule has 2 saturated heterocycles. The van der Waals surface area contributed by atoms with Crippen LogP contribution in [0.5, 0.6) is 0 Å². The number of ketones is 1. The van der Waals surface area contributed by atoms with Gasteiger partial charge in [0.25, 0.3) is 0 Å². The maximum atomic E-state index is 12.4. The van der Waals surface area contributed by atoms with E-state index in [0.717, 1.165) is 6.42 Å². The van der Waals surface area contributed by atoms with E-state index in [2.05, 4.69) is 6.58 Å². The van der Waals surface area contributed by atoms with Crippen LogP contribution < -0.4 is 0 Å². The topological polar surface area (TPSA) is 66.8 Å². The van der Waals surface area contributed by atoms with E-state index in [4.69, 9.17) is 4.74 Å². The van der Waals surface area contributed by atoms with Crippen molar-refractivity contribution in [2.45, 2.75) is 30.9 Å². The van der Waals surface area contributed by atoms with Gasteiger partial charge in [0, 0.05) is 6.54 Å². The molecular weight excluding hydrogens is 246 g/mol.